The van der Waals surface area contributed by atoms with Crippen molar-refractivity contribution in [2.24, 2.45) is 5.84 Å². The molecule has 0 atom stereocenters. The minimum absolute atomic E-state index is 0.226. The van der Waals surface area contributed by atoms with Gasteiger partial charge >= 0.3 is 0 Å². The Labute approximate surface area is 119 Å². The van der Waals surface area contributed by atoms with Crippen molar-refractivity contribution in [3.05, 3.63) is 39.3 Å². The molecule has 0 spiro atoms. The predicted octanol–water partition coefficient (Wildman–Crippen LogP) is 3.22. The van der Waals surface area contributed by atoms with Gasteiger partial charge < -0.3 is 10.2 Å². The van der Waals surface area contributed by atoms with Gasteiger partial charge in [-0.1, -0.05) is 0 Å². The molecule has 0 saturated carbocycles. The van der Waals surface area contributed by atoms with E-state index in [0.717, 1.165) is 0 Å². The second kappa shape index (κ2) is 5.59. The first-order valence-electron chi connectivity index (χ1n) is 4.72. The normalized spacial score (nSPS) is 10.2. The summed E-state index contributed by atoms with van der Waals surface area (Å²) in [5.41, 5.74) is 2.38. The largest absolute Gasteiger partial charge is 0.436 e. The zero-order valence-corrected chi connectivity index (χ0v) is 12.0. The van der Waals surface area contributed by atoms with E-state index in [1.54, 1.807) is 6.07 Å². The summed E-state index contributed by atoms with van der Waals surface area (Å²) in [6.07, 6.45) is 1.28. The third-order valence-corrected chi connectivity index (χ3v) is 3.36. The molecule has 0 amide bonds. The molecule has 94 valence electrons. The molecular weight excluding hydrogens is 371 g/mol. The molecular formula is C10H7Br2FN4O. The molecule has 0 aliphatic heterocycles. The molecule has 0 radical (unpaired) electrons. The van der Waals surface area contributed by atoms with Gasteiger partial charge in [0.2, 0.25) is 5.88 Å². The second-order valence-electron chi connectivity index (χ2n) is 3.16. The van der Waals surface area contributed by atoms with Gasteiger partial charge in [0.1, 0.15) is 22.4 Å². The molecule has 0 aliphatic rings. The van der Waals surface area contributed by atoms with E-state index in [1.807, 2.05) is 0 Å². The summed E-state index contributed by atoms with van der Waals surface area (Å²) < 4.78 is 19.7. The van der Waals surface area contributed by atoms with Crippen LogP contribution in [0.25, 0.3) is 0 Å². The highest BCUT2D eigenvalue weighted by molar-refractivity contribution is 9.11. The summed E-state index contributed by atoms with van der Waals surface area (Å²) in [5, 5.41) is 0. The van der Waals surface area contributed by atoms with E-state index in [2.05, 4.69) is 47.3 Å². The van der Waals surface area contributed by atoms with Gasteiger partial charge in [-0.2, -0.15) is 0 Å². The fraction of sp³-hybridized carbons (Fsp3) is 0. The Morgan fingerprint density at radius 1 is 1.28 bits per heavy atom. The zero-order valence-electron chi connectivity index (χ0n) is 8.82. The first-order chi connectivity index (χ1) is 8.61. The van der Waals surface area contributed by atoms with Gasteiger partial charge in [-0.05, 0) is 44.0 Å². The van der Waals surface area contributed by atoms with Gasteiger partial charge in [-0.25, -0.2) is 20.2 Å². The number of nitrogens with zero attached hydrogens (tertiary/aromatic N) is 2. The highest BCUT2D eigenvalue weighted by Gasteiger charge is 2.12. The van der Waals surface area contributed by atoms with Gasteiger partial charge in [0.05, 0.1) is 4.47 Å². The fourth-order valence-corrected chi connectivity index (χ4v) is 1.91. The number of hydrogen-bond acceptors (Lipinski definition) is 5. The molecule has 1 heterocycles. The molecule has 5 nitrogen and oxygen atoms in total. The Morgan fingerprint density at radius 2 is 2.06 bits per heavy atom. The number of halogens is 3. The van der Waals surface area contributed by atoms with E-state index in [9.17, 15) is 4.39 Å². The number of benzene rings is 1. The summed E-state index contributed by atoms with van der Waals surface area (Å²) in [6, 6.07) is 4.11. The number of hydrogen-bond donors (Lipinski definition) is 2. The van der Waals surface area contributed by atoms with Crippen LogP contribution in [0.15, 0.2) is 33.5 Å². The SMILES string of the molecule is NNc1ncnc(Oc2cc(F)ccc2Br)c1Br. The van der Waals surface area contributed by atoms with Crippen molar-refractivity contribution in [3.8, 4) is 11.6 Å². The van der Waals surface area contributed by atoms with E-state index in [1.165, 1.54) is 18.5 Å². The third kappa shape index (κ3) is 2.77. The van der Waals surface area contributed by atoms with Crippen LogP contribution >= 0.6 is 31.9 Å². The molecule has 2 aromatic rings. The minimum atomic E-state index is -0.407. The van der Waals surface area contributed by atoms with Crippen molar-refractivity contribution in [3.63, 3.8) is 0 Å². The van der Waals surface area contributed by atoms with Crippen molar-refractivity contribution in [2.75, 3.05) is 5.43 Å². The van der Waals surface area contributed by atoms with Crippen LogP contribution in [0.5, 0.6) is 11.6 Å². The van der Waals surface area contributed by atoms with E-state index in [4.69, 9.17) is 10.6 Å². The summed E-state index contributed by atoms with van der Waals surface area (Å²) in [4.78, 5) is 7.81. The molecule has 8 heteroatoms. The van der Waals surface area contributed by atoms with Crippen LogP contribution in [0, 0.1) is 5.82 Å². The highest BCUT2D eigenvalue weighted by atomic mass is 79.9. The van der Waals surface area contributed by atoms with E-state index in [0.29, 0.717) is 20.5 Å². The molecule has 3 N–H and O–H groups in total. The Balaban J connectivity index is 2.37. The summed E-state index contributed by atoms with van der Waals surface area (Å²) in [5.74, 6) is 5.76. The monoisotopic (exact) mass is 376 g/mol. The van der Waals surface area contributed by atoms with Crippen molar-refractivity contribution < 1.29 is 9.13 Å². The lowest BCUT2D eigenvalue weighted by Gasteiger charge is -2.10. The highest BCUT2D eigenvalue weighted by Crippen LogP contribution is 2.34. The Kier molecular flexibility index (Phi) is 4.10. The first-order valence-corrected chi connectivity index (χ1v) is 6.30. The second-order valence-corrected chi connectivity index (χ2v) is 4.81. The van der Waals surface area contributed by atoms with Crippen LogP contribution < -0.4 is 16.0 Å². The number of hydrazine groups is 1. The molecule has 0 aliphatic carbocycles. The summed E-state index contributed by atoms with van der Waals surface area (Å²) in [7, 11) is 0. The molecule has 2 rings (SSSR count). The average Bonchev–Trinajstić information content (AvgIpc) is 2.36. The van der Waals surface area contributed by atoms with E-state index in [-0.39, 0.29) is 5.88 Å². The van der Waals surface area contributed by atoms with Gasteiger partial charge in [-0.3, -0.25) is 0 Å². The number of nitrogens with one attached hydrogen (secondary N) is 1. The zero-order chi connectivity index (χ0) is 13.1. The maximum absolute atomic E-state index is 13.1. The average molecular weight is 378 g/mol. The maximum atomic E-state index is 13.1. The minimum Gasteiger partial charge on any atom is -0.436 e. The van der Waals surface area contributed by atoms with E-state index >= 15 is 0 Å². The quantitative estimate of drug-likeness (QED) is 0.634. The number of anilines is 1. The van der Waals surface area contributed by atoms with Crippen LogP contribution in [0.1, 0.15) is 0 Å². The topological polar surface area (TPSA) is 73.1 Å². The number of nitrogen functional groups attached to an aromatic ring is 1. The molecule has 0 saturated heterocycles. The van der Waals surface area contributed by atoms with Gasteiger partial charge in [-0.15, -0.1) is 0 Å². The van der Waals surface area contributed by atoms with Crippen molar-refractivity contribution in [2.45, 2.75) is 0 Å². The van der Waals surface area contributed by atoms with Gasteiger partial charge in [0.15, 0.2) is 5.82 Å². The van der Waals surface area contributed by atoms with Gasteiger partial charge in [0.25, 0.3) is 0 Å². The first kappa shape index (κ1) is 13.2. The summed E-state index contributed by atoms with van der Waals surface area (Å²) in [6.45, 7) is 0. The molecule has 0 fully saturated rings. The molecule has 1 aromatic heterocycles. The lowest BCUT2D eigenvalue weighted by Crippen LogP contribution is -2.09. The van der Waals surface area contributed by atoms with Crippen LogP contribution in [0.4, 0.5) is 10.2 Å². The molecule has 18 heavy (non-hydrogen) atoms. The molecule has 0 unspecified atom stereocenters. The van der Waals surface area contributed by atoms with Crippen LogP contribution in [0.3, 0.4) is 0 Å². The number of nitrogens with two attached hydrogens (primary N) is 1. The van der Waals surface area contributed by atoms with Crippen molar-refractivity contribution in [1.82, 2.24) is 9.97 Å². The number of ether oxygens (including phenoxy) is 1. The Bertz CT molecular complexity index is 582. The van der Waals surface area contributed by atoms with Crippen molar-refractivity contribution >= 4 is 37.7 Å². The predicted molar refractivity (Wildman–Crippen MR) is 71.7 cm³/mol. The third-order valence-electron chi connectivity index (χ3n) is 1.99. The van der Waals surface area contributed by atoms with Crippen LogP contribution in [-0.4, -0.2) is 9.97 Å². The smallest absolute Gasteiger partial charge is 0.238 e. The maximum Gasteiger partial charge on any atom is 0.238 e. The lowest BCUT2D eigenvalue weighted by atomic mass is 10.3. The Hall–Kier alpha value is -1.25. The molecule has 1 aromatic carbocycles. The lowest BCUT2D eigenvalue weighted by molar-refractivity contribution is 0.451. The van der Waals surface area contributed by atoms with Crippen LogP contribution in [0.2, 0.25) is 0 Å². The molecule has 0 bridgehead atoms. The summed E-state index contributed by atoms with van der Waals surface area (Å²) >= 11 is 6.50. The van der Waals surface area contributed by atoms with E-state index < -0.39 is 5.82 Å². The number of aromatic nitrogens is 2. The van der Waals surface area contributed by atoms with Gasteiger partial charge in [0, 0.05) is 6.07 Å². The Morgan fingerprint density at radius 3 is 2.78 bits per heavy atom. The van der Waals surface area contributed by atoms with Crippen molar-refractivity contribution in [1.29, 1.82) is 0 Å². The number of rotatable bonds is 3. The van der Waals surface area contributed by atoms with Crippen LogP contribution in [-0.2, 0) is 0 Å². The standard InChI is InChI=1S/C10H7Br2FN4O/c11-6-2-1-5(13)3-7(6)18-10-8(12)9(17-14)15-4-16-10/h1-4H,14H2,(H,15,16,17). The fourth-order valence-electron chi connectivity index (χ4n) is 1.19.